The van der Waals surface area contributed by atoms with Crippen LogP contribution in [0.25, 0.3) is 10.9 Å². The van der Waals surface area contributed by atoms with Crippen molar-refractivity contribution in [3.05, 3.63) is 35.1 Å². The molecule has 0 spiro atoms. The molecule has 2 N–H and O–H groups in total. The van der Waals surface area contributed by atoms with Crippen LogP contribution in [0.3, 0.4) is 0 Å². The van der Waals surface area contributed by atoms with Crippen LogP contribution in [0.5, 0.6) is 0 Å². The number of nitrogens with two attached hydrogens (primary N) is 1. The van der Waals surface area contributed by atoms with Crippen LogP contribution in [0.15, 0.2) is 18.2 Å². The van der Waals surface area contributed by atoms with Crippen LogP contribution >= 0.6 is 0 Å². The van der Waals surface area contributed by atoms with Gasteiger partial charge in [-0.1, -0.05) is 6.92 Å². The number of nitrogens with zero attached hydrogens (tertiary/aromatic N) is 3. The molecule has 134 valence electrons. The van der Waals surface area contributed by atoms with Gasteiger partial charge in [-0.05, 0) is 32.0 Å². The Kier molecular flexibility index (Phi) is 4.90. The third kappa shape index (κ3) is 3.31. The molecule has 3 rings (SSSR count). The maximum absolute atomic E-state index is 13.9. The molecule has 1 atom stereocenters. The quantitative estimate of drug-likeness (QED) is 0.930. The number of fused-ring (bicyclic) bond motifs is 1. The van der Waals surface area contributed by atoms with E-state index in [1.54, 1.807) is 13.0 Å². The van der Waals surface area contributed by atoms with Gasteiger partial charge in [-0.3, -0.25) is 4.79 Å². The molecule has 0 bridgehead atoms. The Hall–Kier alpha value is -2.21. The zero-order valence-corrected chi connectivity index (χ0v) is 15.1. The van der Waals surface area contributed by atoms with Crippen LogP contribution in [0, 0.1) is 12.7 Å². The van der Waals surface area contributed by atoms with E-state index in [-0.39, 0.29) is 17.8 Å². The summed E-state index contributed by atoms with van der Waals surface area (Å²) < 4.78 is 13.9. The van der Waals surface area contributed by atoms with Crippen molar-refractivity contribution in [2.24, 2.45) is 5.73 Å². The van der Waals surface area contributed by atoms with Gasteiger partial charge in [0.1, 0.15) is 11.6 Å². The van der Waals surface area contributed by atoms with Crippen molar-refractivity contribution in [3.8, 4) is 0 Å². The van der Waals surface area contributed by atoms with Crippen molar-refractivity contribution in [1.29, 1.82) is 0 Å². The Labute approximate surface area is 147 Å². The Bertz CT molecular complexity index is 798. The Morgan fingerprint density at radius 1 is 1.32 bits per heavy atom. The molecule has 1 amide bonds. The highest BCUT2D eigenvalue weighted by molar-refractivity contribution is 5.85. The molecular formula is C19H25FN4O. The van der Waals surface area contributed by atoms with Gasteiger partial charge in [-0.25, -0.2) is 9.37 Å². The number of anilines is 1. The van der Waals surface area contributed by atoms with E-state index < -0.39 is 0 Å². The second kappa shape index (κ2) is 6.96. The first kappa shape index (κ1) is 17.6. The fourth-order valence-electron chi connectivity index (χ4n) is 3.34. The van der Waals surface area contributed by atoms with Crippen LogP contribution < -0.4 is 10.6 Å². The molecule has 1 aliphatic rings. The maximum Gasteiger partial charge on any atom is 0.222 e. The molecule has 1 aromatic heterocycles. The fraction of sp³-hybridized carbons (Fsp3) is 0.474. The lowest BCUT2D eigenvalue weighted by molar-refractivity contribution is -0.131. The summed E-state index contributed by atoms with van der Waals surface area (Å²) in [4.78, 5) is 20.7. The topological polar surface area (TPSA) is 62.5 Å². The SMILES string of the molecule is CCC(=O)N1CCN(c2nc3c(C)c(F)ccc3cc2C(C)N)CC1. The van der Waals surface area contributed by atoms with E-state index >= 15 is 0 Å². The minimum atomic E-state index is -0.252. The van der Waals surface area contributed by atoms with E-state index in [4.69, 9.17) is 10.7 Å². The number of halogens is 1. The van der Waals surface area contributed by atoms with Gasteiger partial charge in [0, 0.05) is 55.2 Å². The third-order valence-electron chi connectivity index (χ3n) is 4.91. The first-order valence-corrected chi connectivity index (χ1v) is 8.80. The van der Waals surface area contributed by atoms with Crippen molar-refractivity contribution in [3.63, 3.8) is 0 Å². The molecule has 6 heteroatoms. The van der Waals surface area contributed by atoms with Crippen molar-refractivity contribution >= 4 is 22.6 Å². The van der Waals surface area contributed by atoms with Crippen molar-refractivity contribution in [1.82, 2.24) is 9.88 Å². The largest absolute Gasteiger partial charge is 0.353 e. The van der Waals surface area contributed by atoms with Crippen LogP contribution in [-0.2, 0) is 4.79 Å². The standard InChI is InChI=1S/C19H25FN4O/c1-4-17(25)23-7-9-24(10-8-23)19-15(13(3)21)11-14-5-6-16(20)12(2)18(14)22-19/h5-6,11,13H,4,7-10,21H2,1-3H3. The van der Waals surface area contributed by atoms with Gasteiger partial charge < -0.3 is 15.5 Å². The summed E-state index contributed by atoms with van der Waals surface area (Å²) in [6, 6.07) is 5.06. The third-order valence-corrected chi connectivity index (χ3v) is 4.91. The summed E-state index contributed by atoms with van der Waals surface area (Å²) in [5, 5.41) is 0.898. The van der Waals surface area contributed by atoms with Crippen LogP contribution in [0.4, 0.5) is 10.2 Å². The van der Waals surface area contributed by atoms with Crippen molar-refractivity contribution in [2.45, 2.75) is 33.2 Å². The predicted molar refractivity (Wildman–Crippen MR) is 98.1 cm³/mol. The van der Waals surface area contributed by atoms with E-state index in [0.29, 0.717) is 43.7 Å². The highest BCUT2D eigenvalue weighted by Gasteiger charge is 2.24. The number of hydrogen-bond acceptors (Lipinski definition) is 4. The summed E-state index contributed by atoms with van der Waals surface area (Å²) >= 11 is 0. The minimum Gasteiger partial charge on any atom is -0.353 e. The average Bonchev–Trinajstić information content (AvgIpc) is 2.63. The maximum atomic E-state index is 13.9. The molecule has 1 fully saturated rings. The number of piperazine rings is 1. The van der Waals surface area contributed by atoms with Crippen LogP contribution in [0.2, 0.25) is 0 Å². The number of aromatic nitrogens is 1. The van der Waals surface area contributed by atoms with Gasteiger partial charge in [0.25, 0.3) is 0 Å². The van der Waals surface area contributed by atoms with E-state index in [1.807, 2.05) is 24.8 Å². The molecule has 1 unspecified atom stereocenters. The molecule has 0 saturated carbocycles. The van der Waals surface area contributed by atoms with E-state index in [1.165, 1.54) is 6.07 Å². The summed E-state index contributed by atoms with van der Waals surface area (Å²) in [5.74, 6) is 0.731. The number of hydrogen-bond donors (Lipinski definition) is 1. The summed E-state index contributed by atoms with van der Waals surface area (Å²) in [6.45, 7) is 8.32. The molecule has 1 saturated heterocycles. The van der Waals surface area contributed by atoms with Crippen molar-refractivity contribution in [2.75, 3.05) is 31.1 Å². The highest BCUT2D eigenvalue weighted by atomic mass is 19.1. The lowest BCUT2D eigenvalue weighted by Gasteiger charge is -2.36. The number of aryl methyl sites for hydroxylation is 1. The highest BCUT2D eigenvalue weighted by Crippen LogP contribution is 2.30. The second-order valence-corrected chi connectivity index (χ2v) is 6.66. The Morgan fingerprint density at radius 2 is 2.00 bits per heavy atom. The monoisotopic (exact) mass is 344 g/mol. The second-order valence-electron chi connectivity index (χ2n) is 6.66. The van der Waals surface area contributed by atoms with Gasteiger partial charge in [0.15, 0.2) is 0 Å². The number of carbonyl (C=O) groups is 1. The smallest absolute Gasteiger partial charge is 0.222 e. The van der Waals surface area contributed by atoms with Gasteiger partial charge >= 0.3 is 0 Å². The zero-order chi connectivity index (χ0) is 18.1. The summed E-state index contributed by atoms with van der Waals surface area (Å²) in [5.41, 5.74) is 8.35. The van der Waals surface area contributed by atoms with E-state index in [9.17, 15) is 9.18 Å². The first-order chi connectivity index (χ1) is 11.9. The predicted octanol–water partition coefficient (Wildman–Crippen LogP) is 2.76. The lowest BCUT2D eigenvalue weighted by atomic mass is 10.0. The zero-order valence-electron chi connectivity index (χ0n) is 15.1. The number of carbonyl (C=O) groups excluding carboxylic acids is 1. The summed E-state index contributed by atoms with van der Waals surface area (Å²) in [7, 11) is 0. The van der Waals surface area contributed by atoms with Crippen LogP contribution in [0.1, 0.15) is 37.4 Å². The summed E-state index contributed by atoms with van der Waals surface area (Å²) in [6.07, 6.45) is 0.526. The fourth-order valence-corrected chi connectivity index (χ4v) is 3.34. The molecule has 25 heavy (non-hydrogen) atoms. The number of pyridine rings is 1. The molecule has 2 aromatic rings. The molecule has 0 aliphatic carbocycles. The first-order valence-electron chi connectivity index (χ1n) is 8.80. The number of amides is 1. The van der Waals surface area contributed by atoms with Gasteiger partial charge in [-0.15, -0.1) is 0 Å². The van der Waals surface area contributed by atoms with Gasteiger partial charge in [0.2, 0.25) is 5.91 Å². The van der Waals surface area contributed by atoms with Crippen molar-refractivity contribution < 1.29 is 9.18 Å². The van der Waals surface area contributed by atoms with E-state index in [2.05, 4.69) is 4.90 Å². The molecule has 1 aliphatic heterocycles. The Balaban J connectivity index is 1.98. The van der Waals surface area contributed by atoms with Crippen LogP contribution in [-0.4, -0.2) is 42.0 Å². The number of rotatable bonds is 3. The molecular weight excluding hydrogens is 319 g/mol. The Morgan fingerprint density at radius 3 is 2.60 bits per heavy atom. The lowest BCUT2D eigenvalue weighted by Crippen LogP contribution is -2.49. The molecule has 5 nitrogen and oxygen atoms in total. The van der Waals surface area contributed by atoms with Gasteiger partial charge in [0.05, 0.1) is 5.52 Å². The molecule has 1 aromatic carbocycles. The molecule has 0 radical (unpaired) electrons. The van der Waals surface area contributed by atoms with Gasteiger partial charge in [-0.2, -0.15) is 0 Å². The molecule has 2 heterocycles. The normalized spacial score (nSPS) is 16.4. The number of benzene rings is 1. The van der Waals surface area contributed by atoms with E-state index in [0.717, 1.165) is 16.8 Å². The average molecular weight is 344 g/mol. The minimum absolute atomic E-state index is 0.174.